The molecule has 3 rings (SSSR count). The van der Waals surface area contributed by atoms with Crippen LogP contribution in [-0.2, 0) is 18.3 Å². The maximum atomic E-state index is 13.7. The molecule has 0 saturated carbocycles. The molecule has 3 aromatic rings. The van der Waals surface area contributed by atoms with Gasteiger partial charge in [0.25, 0.3) is 11.5 Å². The Morgan fingerprint density at radius 2 is 1.78 bits per heavy atom. The number of aromatic nitrogens is 3. The average Bonchev–Trinajstić information content (AvgIpc) is 3.12. The number of amides is 2. The summed E-state index contributed by atoms with van der Waals surface area (Å²) in [6.07, 6.45) is 2.01. The highest BCUT2D eigenvalue weighted by atomic mass is 35.5. The SMILES string of the molecule is CCOc1ncc(Cl)cc1C(=O)NCC(C)(C)CC(=O)Nc1c(CC(C)(C)N(C)C)n(C)n(-c2ccccc2)c1=O. The molecule has 0 bridgehead atoms. The number of rotatable bonds is 12. The maximum absolute atomic E-state index is 13.7. The van der Waals surface area contributed by atoms with Crippen molar-refractivity contribution >= 4 is 29.1 Å². The van der Waals surface area contributed by atoms with E-state index in [1.165, 1.54) is 12.3 Å². The van der Waals surface area contributed by atoms with Crippen LogP contribution in [0.15, 0.2) is 47.4 Å². The molecule has 10 nitrogen and oxygen atoms in total. The molecule has 2 heterocycles. The Morgan fingerprint density at radius 1 is 1.12 bits per heavy atom. The van der Waals surface area contributed by atoms with Gasteiger partial charge in [-0.1, -0.05) is 43.6 Å². The van der Waals surface area contributed by atoms with Gasteiger partial charge in [0.2, 0.25) is 11.8 Å². The first-order valence-electron chi connectivity index (χ1n) is 13.6. The second kappa shape index (κ2) is 12.9. The molecule has 2 N–H and O–H groups in total. The van der Waals surface area contributed by atoms with Gasteiger partial charge in [0.15, 0.2) is 0 Å². The quantitative estimate of drug-likeness (QED) is 0.329. The predicted octanol–water partition coefficient (Wildman–Crippen LogP) is 4.29. The Morgan fingerprint density at radius 3 is 2.39 bits per heavy atom. The average molecular weight is 585 g/mol. The largest absolute Gasteiger partial charge is 0.477 e. The van der Waals surface area contributed by atoms with Crippen molar-refractivity contribution in [3.8, 4) is 11.6 Å². The van der Waals surface area contributed by atoms with Crippen molar-refractivity contribution in [2.24, 2.45) is 12.5 Å². The highest BCUT2D eigenvalue weighted by Crippen LogP contribution is 2.26. The summed E-state index contributed by atoms with van der Waals surface area (Å²) < 4.78 is 8.83. The lowest BCUT2D eigenvalue weighted by Crippen LogP contribution is -2.41. The molecular formula is C30H41ClN6O4. The molecular weight excluding hydrogens is 544 g/mol. The third-order valence-corrected chi connectivity index (χ3v) is 7.38. The number of halogens is 1. The molecule has 0 aliphatic heterocycles. The number of hydrogen-bond donors (Lipinski definition) is 2. The zero-order valence-corrected chi connectivity index (χ0v) is 25.9. The number of benzene rings is 1. The Kier molecular flexibility index (Phi) is 10.0. The summed E-state index contributed by atoms with van der Waals surface area (Å²) >= 11 is 6.05. The Balaban J connectivity index is 1.82. The third-order valence-electron chi connectivity index (χ3n) is 7.17. The van der Waals surface area contributed by atoms with Gasteiger partial charge < -0.3 is 20.3 Å². The highest BCUT2D eigenvalue weighted by molar-refractivity contribution is 6.30. The summed E-state index contributed by atoms with van der Waals surface area (Å²) in [4.78, 5) is 46.1. The summed E-state index contributed by atoms with van der Waals surface area (Å²) in [5.41, 5.74) is 0.670. The first-order chi connectivity index (χ1) is 19.2. The summed E-state index contributed by atoms with van der Waals surface area (Å²) in [5.74, 6) is -0.536. The standard InChI is InChI=1S/C30H41ClN6O4/c1-9-41-27-22(15-20(31)18-32-27)26(39)33-19-29(2,3)17-24(38)34-25-23(16-30(4,5)35(6)7)36(8)37(28(25)40)21-13-11-10-12-14-21/h10-15,18H,9,16-17,19H2,1-8H3,(H,33,39)(H,34,38). The van der Waals surface area contributed by atoms with E-state index in [1.54, 1.807) is 16.3 Å². The maximum Gasteiger partial charge on any atom is 0.295 e. The molecule has 11 heteroatoms. The number of carbonyl (C=O) groups is 2. The number of nitrogens with one attached hydrogen (secondary N) is 2. The van der Waals surface area contributed by atoms with Crippen LogP contribution in [0.2, 0.25) is 5.02 Å². The lowest BCUT2D eigenvalue weighted by molar-refractivity contribution is -0.118. The number of nitrogens with zero attached hydrogens (tertiary/aromatic N) is 4. The second-order valence-corrected chi connectivity index (χ2v) is 12.1. The molecule has 1 aromatic carbocycles. The van der Waals surface area contributed by atoms with Gasteiger partial charge in [-0.3, -0.25) is 19.1 Å². The molecule has 0 aliphatic carbocycles. The zero-order valence-electron chi connectivity index (χ0n) is 25.2. The van der Waals surface area contributed by atoms with Gasteiger partial charge in [0, 0.05) is 38.2 Å². The molecule has 2 amide bonds. The first-order valence-corrected chi connectivity index (χ1v) is 13.9. The number of hydrogen-bond acceptors (Lipinski definition) is 6. The van der Waals surface area contributed by atoms with Crippen molar-refractivity contribution in [2.45, 2.75) is 53.0 Å². The molecule has 2 aromatic heterocycles. The van der Waals surface area contributed by atoms with Crippen LogP contribution in [0.5, 0.6) is 5.88 Å². The number of pyridine rings is 1. The van der Waals surface area contributed by atoms with E-state index in [0.29, 0.717) is 29.4 Å². The number of ether oxygens (including phenoxy) is 1. The monoisotopic (exact) mass is 584 g/mol. The van der Waals surface area contributed by atoms with Gasteiger partial charge >= 0.3 is 0 Å². The normalized spacial score (nSPS) is 12.0. The number of anilines is 1. The van der Waals surface area contributed by atoms with Crippen LogP contribution in [0.1, 0.15) is 57.1 Å². The Bertz CT molecular complexity index is 1440. The number of para-hydroxylation sites is 1. The van der Waals surface area contributed by atoms with E-state index in [4.69, 9.17) is 16.3 Å². The summed E-state index contributed by atoms with van der Waals surface area (Å²) in [6.45, 7) is 10.3. The van der Waals surface area contributed by atoms with Crippen LogP contribution >= 0.6 is 11.6 Å². The van der Waals surface area contributed by atoms with Crippen LogP contribution in [0.3, 0.4) is 0 Å². The van der Waals surface area contributed by atoms with Gasteiger partial charge in [0.1, 0.15) is 11.3 Å². The molecule has 0 fully saturated rings. The van der Waals surface area contributed by atoms with Crippen molar-refractivity contribution in [1.29, 1.82) is 0 Å². The lowest BCUT2D eigenvalue weighted by Gasteiger charge is -2.33. The van der Waals surface area contributed by atoms with E-state index in [0.717, 1.165) is 0 Å². The van der Waals surface area contributed by atoms with Crippen LogP contribution in [0, 0.1) is 5.41 Å². The van der Waals surface area contributed by atoms with Crippen LogP contribution < -0.4 is 20.9 Å². The fourth-order valence-corrected chi connectivity index (χ4v) is 4.50. The fraction of sp³-hybridized carbons (Fsp3) is 0.467. The Hall–Kier alpha value is -3.63. The van der Waals surface area contributed by atoms with E-state index in [2.05, 4.69) is 34.4 Å². The minimum Gasteiger partial charge on any atom is -0.477 e. The molecule has 0 atom stereocenters. The Labute approximate surface area is 246 Å². The van der Waals surface area contributed by atoms with E-state index in [-0.39, 0.29) is 47.1 Å². The molecule has 0 spiro atoms. The topological polar surface area (TPSA) is 110 Å². The predicted molar refractivity (Wildman–Crippen MR) is 162 cm³/mol. The van der Waals surface area contributed by atoms with Gasteiger partial charge in [-0.25, -0.2) is 9.67 Å². The summed E-state index contributed by atoms with van der Waals surface area (Å²) in [5, 5.41) is 6.09. The number of likely N-dealkylation sites (N-methyl/N-ethyl adjacent to an activating group) is 1. The van der Waals surface area contributed by atoms with Gasteiger partial charge in [-0.2, -0.15) is 0 Å². The molecule has 0 radical (unpaired) electrons. The molecule has 0 saturated heterocycles. The van der Waals surface area contributed by atoms with E-state index in [9.17, 15) is 14.4 Å². The van der Waals surface area contributed by atoms with Crippen molar-refractivity contribution in [3.63, 3.8) is 0 Å². The van der Waals surface area contributed by atoms with Crippen LogP contribution in [-0.4, -0.2) is 63.8 Å². The van der Waals surface area contributed by atoms with E-state index < -0.39 is 11.3 Å². The van der Waals surface area contributed by atoms with E-state index >= 15 is 0 Å². The minimum absolute atomic E-state index is 0.0651. The molecule has 0 aliphatic rings. The zero-order chi connectivity index (χ0) is 30.5. The smallest absolute Gasteiger partial charge is 0.295 e. The lowest BCUT2D eigenvalue weighted by atomic mass is 9.88. The molecule has 41 heavy (non-hydrogen) atoms. The van der Waals surface area contributed by atoms with E-state index in [1.807, 2.05) is 65.3 Å². The van der Waals surface area contributed by atoms with Crippen molar-refractivity contribution in [3.05, 3.63) is 69.2 Å². The first kappa shape index (κ1) is 31.9. The van der Waals surface area contributed by atoms with Crippen molar-refractivity contribution in [1.82, 2.24) is 24.6 Å². The van der Waals surface area contributed by atoms with Crippen molar-refractivity contribution in [2.75, 3.05) is 32.6 Å². The molecule has 222 valence electrons. The molecule has 0 unspecified atom stereocenters. The summed E-state index contributed by atoms with van der Waals surface area (Å²) in [7, 11) is 5.79. The fourth-order valence-electron chi connectivity index (χ4n) is 4.34. The van der Waals surface area contributed by atoms with Gasteiger partial charge in [-0.15, -0.1) is 0 Å². The summed E-state index contributed by atoms with van der Waals surface area (Å²) in [6, 6.07) is 10.8. The van der Waals surface area contributed by atoms with Crippen LogP contribution in [0.25, 0.3) is 5.69 Å². The third kappa shape index (κ3) is 7.77. The number of carbonyl (C=O) groups excluding carboxylic acids is 2. The second-order valence-electron chi connectivity index (χ2n) is 11.7. The van der Waals surface area contributed by atoms with Gasteiger partial charge in [-0.05, 0) is 58.5 Å². The highest BCUT2D eigenvalue weighted by Gasteiger charge is 2.30. The van der Waals surface area contributed by atoms with Crippen molar-refractivity contribution < 1.29 is 14.3 Å². The van der Waals surface area contributed by atoms with Gasteiger partial charge in [0.05, 0.1) is 23.0 Å². The van der Waals surface area contributed by atoms with Crippen LogP contribution in [0.4, 0.5) is 5.69 Å². The minimum atomic E-state index is -0.631.